The Hall–Kier alpha value is -1.06. The minimum atomic E-state index is -2.70. The van der Waals surface area contributed by atoms with Crippen molar-refractivity contribution in [1.29, 1.82) is 0 Å². The third kappa shape index (κ3) is 2.72. The summed E-state index contributed by atoms with van der Waals surface area (Å²) >= 11 is 3.18. The number of benzene rings is 1. The summed E-state index contributed by atoms with van der Waals surface area (Å²) in [6.07, 6.45) is -1.55. The highest BCUT2D eigenvalue weighted by Gasteiger charge is 2.21. The zero-order valence-electron chi connectivity index (χ0n) is 6.95. The van der Waals surface area contributed by atoms with E-state index in [2.05, 4.69) is 20.9 Å². The summed E-state index contributed by atoms with van der Waals surface area (Å²) in [6, 6.07) is 4.79. The van der Waals surface area contributed by atoms with Crippen LogP contribution < -0.4 is 0 Å². The van der Waals surface area contributed by atoms with Crippen molar-refractivity contribution in [2.24, 2.45) is 4.99 Å². The number of rotatable bonds is 3. The Kier molecular flexibility index (Phi) is 3.92. The van der Waals surface area contributed by atoms with Crippen LogP contribution in [0.25, 0.3) is 0 Å². The SMILES string of the molecule is O=C=NC(c1ccc(Br)cc1)C(F)F. The van der Waals surface area contributed by atoms with Crippen LogP contribution in [0.5, 0.6) is 0 Å². The van der Waals surface area contributed by atoms with E-state index in [4.69, 9.17) is 0 Å². The van der Waals surface area contributed by atoms with Crippen LogP contribution in [0.4, 0.5) is 8.78 Å². The molecule has 0 fully saturated rings. The quantitative estimate of drug-likeness (QED) is 0.608. The van der Waals surface area contributed by atoms with Crippen molar-refractivity contribution in [3.63, 3.8) is 0 Å². The van der Waals surface area contributed by atoms with Crippen LogP contribution in [0.1, 0.15) is 11.6 Å². The molecule has 0 saturated heterocycles. The summed E-state index contributed by atoms with van der Waals surface area (Å²) in [7, 11) is 0. The number of aliphatic imine (C=N–C) groups is 1. The minimum absolute atomic E-state index is 0.298. The Morgan fingerprint density at radius 3 is 2.29 bits per heavy atom. The zero-order chi connectivity index (χ0) is 10.6. The third-order valence-electron chi connectivity index (χ3n) is 1.64. The van der Waals surface area contributed by atoms with Crippen LogP contribution in [-0.4, -0.2) is 12.5 Å². The van der Waals surface area contributed by atoms with Gasteiger partial charge in [0, 0.05) is 4.47 Å². The van der Waals surface area contributed by atoms with Crippen LogP contribution in [-0.2, 0) is 4.79 Å². The van der Waals surface area contributed by atoms with Gasteiger partial charge in [0.15, 0.2) is 0 Å². The maximum atomic E-state index is 12.4. The van der Waals surface area contributed by atoms with E-state index < -0.39 is 12.5 Å². The number of hydrogen-bond donors (Lipinski definition) is 0. The van der Waals surface area contributed by atoms with Crippen LogP contribution in [0.15, 0.2) is 33.7 Å². The van der Waals surface area contributed by atoms with Gasteiger partial charge in [0.05, 0.1) is 0 Å². The van der Waals surface area contributed by atoms with Crippen molar-refractivity contribution in [3.05, 3.63) is 34.3 Å². The average Bonchev–Trinajstić information content (AvgIpc) is 2.15. The zero-order valence-corrected chi connectivity index (χ0v) is 8.54. The lowest BCUT2D eigenvalue weighted by molar-refractivity contribution is 0.117. The summed E-state index contributed by atoms with van der Waals surface area (Å²) in [4.78, 5) is 13.0. The largest absolute Gasteiger partial charge is 0.265 e. The fraction of sp³-hybridized carbons (Fsp3) is 0.222. The summed E-state index contributed by atoms with van der Waals surface area (Å²) in [6.45, 7) is 0. The van der Waals surface area contributed by atoms with Crippen molar-refractivity contribution in [2.45, 2.75) is 12.5 Å². The molecule has 1 rings (SSSR count). The number of alkyl halides is 2. The van der Waals surface area contributed by atoms with E-state index in [-0.39, 0.29) is 0 Å². The van der Waals surface area contributed by atoms with Gasteiger partial charge in [-0.1, -0.05) is 28.1 Å². The normalized spacial score (nSPS) is 12.3. The lowest BCUT2D eigenvalue weighted by Crippen LogP contribution is -2.06. The van der Waals surface area contributed by atoms with E-state index in [0.29, 0.717) is 5.56 Å². The first kappa shape index (κ1) is 11.0. The number of halogens is 3. The summed E-state index contributed by atoms with van der Waals surface area (Å²) in [5.74, 6) is 0. The van der Waals surface area contributed by atoms with E-state index in [1.165, 1.54) is 12.1 Å². The highest BCUT2D eigenvalue weighted by Crippen LogP contribution is 2.25. The van der Waals surface area contributed by atoms with Crippen molar-refractivity contribution in [1.82, 2.24) is 0 Å². The number of nitrogens with zero attached hydrogens (tertiary/aromatic N) is 1. The van der Waals surface area contributed by atoms with Crippen molar-refractivity contribution >= 4 is 22.0 Å². The van der Waals surface area contributed by atoms with Gasteiger partial charge in [0.2, 0.25) is 6.08 Å². The fourth-order valence-electron chi connectivity index (χ4n) is 0.993. The van der Waals surface area contributed by atoms with Gasteiger partial charge in [-0.15, -0.1) is 0 Å². The molecule has 0 saturated carbocycles. The molecule has 14 heavy (non-hydrogen) atoms. The molecule has 0 radical (unpaired) electrons. The number of hydrogen-bond acceptors (Lipinski definition) is 2. The number of carbonyl (C=O) groups excluding carboxylic acids is 1. The standard InChI is InChI=1S/C9H6BrF2NO/c10-7-3-1-6(2-4-7)8(9(11)12)13-5-14/h1-4,8-9H. The van der Waals surface area contributed by atoms with Crippen LogP contribution in [0.3, 0.4) is 0 Å². The molecule has 1 atom stereocenters. The Balaban J connectivity index is 2.99. The second-order valence-corrected chi connectivity index (χ2v) is 3.47. The van der Waals surface area contributed by atoms with Crippen LogP contribution in [0, 0.1) is 0 Å². The molecular formula is C9H6BrF2NO. The predicted molar refractivity (Wildman–Crippen MR) is 51.0 cm³/mol. The van der Waals surface area contributed by atoms with Gasteiger partial charge < -0.3 is 0 Å². The molecule has 0 amide bonds. The van der Waals surface area contributed by atoms with E-state index >= 15 is 0 Å². The molecule has 1 aromatic carbocycles. The maximum absolute atomic E-state index is 12.4. The molecule has 74 valence electrons. The average molecular weight is 262 g/mol. The van der Waals surface area contributed by atoms with Gasteiger partial charge in [-0.3, -0.25) is 0 Å². The second kappa shape index (κ2) is 4.98. The monoisotopic (exact) mass is 261 g/mol. The first-order valence-electron chi connectivity index (χ1n) is 3.75. The Morgan fingerprint density at radius 2 is 1.86 bits per heavy atom. The minimum Gasteiger partial charge on any atom is -0.211 e. The number of isocyanates is 1. The maximum Gasteiger partial charge on any atom is 0.265 e. The van der Waals surface area contributed by atoms with Gasteiger partial charge in [0.1, 0.15) is 6.04 Å². The lowest BCUT2D eigenvalue weighted by atomic mass is 10.1. The van der Waals surface area contributed by atoms with Crippen LogP contribution in [0.2, 0.25) is 0 Å². The van der Waals surface area contributed by atoms with E-state index in [1.54, 1.807) is 12.1 Å². The first-order chi connectivity index (χ1) is 6.65. The molecule has 0 bridgehead atoms. The second-order valence-electron chi connectivity index (χ2n) is 2.55. The van der Waals surface area contributed by atoms with Crippen molar-refractivity contribution in [3.8, 4) is 0 Å². The Labute approximate surface area is 87.8 Å². The van der Waals surface area contributed by atoms with E-state index in [1.807, 2.05) is 0 Å². The molecule has 2 nitrogen and oxygen atoms in total. The van der Waals surface area contributed by atoms with E-state index in [9.17, 15) is 13.6 Å². The molecule has 0 aromatic heterocycles. The third-order valence-corrected chi connectivity index (χ3v) is 2.17. The molecule has 0 aliphatic rings. The summed E-state index contributed by atoms with van der Waals surface area (Å²) in [5.41, 5.74) is 0.298. The first-order valence-corrected chi connectivity index (χ1v) is 4.55. The van der Waals surface area contributed by atoms with Crippen molar-refractivity contribution < 1.29 is 13.6 Å². The topological polar surface area (TPSA) is 29.4 Å². The van der Waals surface area contributed by atoms with Gasteiger partial charge in [-0.2, -0.15) is 4.99 Å². The molecule has 1 aromatic rings. The molecular weight excluding hydrogens is 256 g/mol. The fourth-order valence-corrected chi connectivity index (χ4v) is 1.26. The Bertz CT molecular complexity index is 346. The lowest BCUT2D eigenvalue weighted by Gasteiger charge is -2.09. The molecule has 0 N–H and O–H groups in total. The van der Waals surface area contributed by atoms with Gasteiger partial charge in [-0.05, 0) is 17.7 Å². The summed E-state index contributed by atoms with van der Waals surface area (Å²) < 4.78 is 25.6. The molecule has 0 heterocycles. The molecule has 1 unspecified atom stereocenters. The highest BCUT2D eigenvalue weighted by molar-refractivity contribution is 9.10. The van der Waals surface area contributed by atoms with Crippen molar-refractivity contribution in [2.75, 3.05) is 0 Å². The Morgan fingerprint density at radius 1 is 1.29 bits per heavy atom. The van der Waals surface area contributed by atoms with Gasteiger partial charge in [0.25, 0.3) is 6.43 Å². The molecule has 0 spiro atoms. The molecule has 0 aliphatic carbocycles. The van der Waals surface area contributed by atoms with E-state index in [0.717, 1.165) is 10.6 Å². The highest BCUT2D eigenvalue weighted by atomic mass is 79.9. The molecule has 0 aliphatic heterocycles. The summed E-state index contributed by atoms with van der Waals surface area (Å²) in [5, 5.41) is 0. The van der Waals surface area contributed by atoms with Gasteiger partial charge in [-0.25, -0.2) is 13.6 Å². The predicted octanol–water partition coefficient (Wildman–Crippen LogP) is 3.09. The van der Waals surface area contributed by atoms with Gasteiger partial charge >= 0.3 is 0 Å². The molecule has 5 heteroatoms. The van der Waals surface area contributed by atoms with Crippen LogP contribution >= 0.6 is 15.9 Å². The smallest absolute Gasteiger partial charge is 0.211 e.